The number of aliphatic hydroxyl groups is 2. The van der Waals surface area contributed by atoms with Crippen molar-refractivity contribution < 1.29 is 20.1 Å². The second-order valence-electron chi connectivity index (χ2n) is 5.28. The zero-order valence-corrected chi connectivity index (χ0v) is 12.0. The highest BCUT2D eigenvalue weighted by atomic mass is 16.4. The maximum Gasteiger partial charge on any atom is 0.303 e. The van der Waals surface area contributed by atoms with E-state index in [0.29, 0.717) is 12.8 Å². The van der Waals surface area contributed by atoms with Crippen LogP contribution in [0.2, 0.25) is 0 Å². The molecule has 0 aliphatic rings. The molecule has 0 aromatic rings. The summed E-state index contributed by atoms with van der Waals surface area (Å²) in [6.45, 7) is 0.0725. The summed E-state index contributed by atoms with van der Waals surface area (Å²) >= 11 is 0. The molecule has 0 amide bonds. The third-order valence-corrected chi connectivity index (χ3v) is 3.39. The van der Waals surface area contributed by atoms with Crippen LogP contribution in [-0.4, -0.2) is 34.0 Å². The number of carboxylic acid groups (broad SMARTS) is 1. The van der Waals surface area contributed by atoms with Crippen LogP contribution in [0.4, 0.5) is 0 Å². The smallest absolute Gasteiger partial charge is 0.303 e. The third kappa shape index (κ3) is 15.3. The zero-order valence-electron chi connectivity index (χ0n) is 12.0. The Bertz CT molecular complexity index is 206. The van der Waals surface area contributed by atoms with Crippen molar-refractivity contribution in [1.82, 2.24) is 0 Å². The van der Waals surface area contributed by atoms with Crippen LogP contribution in [0.15, 0.2) is 0 Å². The maximum absolute atomic E-state index is 10.3. The van der Waals surface area contributed by atoms with Gasteiger partial charge in [0.1, 0.15) is 0 Å². The predicted molar refractivity (Wildman–Crippen MR) is 76.1 cm³/mol. The minimum atomic E-state index is -0.691. The highest BCUT2D eigenvalue weighted by Crippen LogP contribution is 2.12. The number of carbonyl (C=O) groups is 1. The van der Waals surface area contributed by atoms with Crippen molar-refractivity contribution >= 4 is 5.97 Å². The molecule has 0 aromatic carbocycles. The highest BCUT2D eigenvalue weighted by Gasteiger charge is 2.02. The van der Waals surface area contributed by atoms with Gasteiger partial charge in [-0.2, -0.15) is 0 Å². The fraction of sp³-hybridized carbons (Fsp3) is 0.933. The number of hydrogen-bond acceptors (Lipinski definition) is 3. The fourth-order valence-corrected chi connectivity index (χ4v) is 2.19. The van der Waals surface area contributed by atoms with E-state index in [1.54, 1.807) is 0 Å². The molecule has 0 fully saturated rings. The van der Waals surface area contributed by atoms with E-state index in [-0.39, 0.29) is 12.7 Å². The van der Waals surface area contributed by atoms with Crippen LogP contribution in [0, 0.1) is 0 Å². The molecule has 1 atom stereocenters. The summed E-state index contributed by atoms with van der Waals surface area (Å²) in [6, 6.07) is 0. The quantitative estimate of drug-likeness (QED) is 0.425. The largest absolute Gasteiger partial charge is 0.481 e. The number of aliphatic carboxylic acids is 1. The van der Waals surface area contributed by atoms with Gasteiger partial charge in [-0.3, -0.25) is 4.79 Å². The Balaban J connectivity index is 3.04. The van der Waals surface area contributed by atoms with Crippen LogP contribution in [0.1, 0.15) is 77.0 Å². The number of hydrogen-bond donors (Lipinski definition) is 3. The first-order valence-corrected chi connectivity index (χ1v) is 7.67. The van der Waals surface area contributed by atoms with E-state index in [9.17, 15) is 9.90 Å². The Labute approximate surface area is 116 Å². The Morgan fingerprint density at radius 1 is 0.789 bits per heavy atom. The van der Waals surface area contributed by atoms with Crippen molar-refractivity contribution in [2.75, 3.05) is 6.61 Å². The van der Waals surface area contributed by atoms with Gasteiger partial charge in [0.15, 0.2) is 0 Å². The SMILES string of the molecule is O=C(O)CCCCCCCCCCC[C@H](O)CCO. The summed E-state index contributed by atoms with van der Waals surface area (Å²) in [5.74, 6) is -0.691. The minimum Gasteiger partial charge on any atom is -0.481 e. The summed E-state index contributed by atoms with van der Waals surface area (Å²) in [4.78, 5) is 10.3. The van der Waals surface area contributed by atoms with Crippen LogP contribution >= 0.6 is 0 Å². The lowest BCUT2D eigenvalue weighted by atomic mass is 10.0. The number of aliphatic hydroxyl groups excluding tert-OH is 2. The monoisotopic (exact) mass is 274 g/mol. The van der Waals surface area contributed by atoms with Crippen molar-refractivity contribution in [3.05, 3.63) is 0 Å². The molecule has 0 radical (unpaired) electrons. The van der Waals surface area contributed by atoms with Gasteiger partial charge in [-0.1, -0.05) is 51.4 Å². The van der Waals surface area contributed by atoms with E-state index in [1.807, 2.05) is 0 Å². The van der Waals surface area contributed by atoms with Crippen LogP contribution < -0.4 is 0 Å². The molecule has 0 aliphatic carbocycles. The van der Waals surface area contributed by atoms with Gasteiger partial charge < -0.3 is 15.3 Å². The van der Waals surface area contributed by atoms with Gasteiger partial charge in [0.05, 0.1) is 6.10 Å². The second kappa shape index (κ2) is 13.8. The second-order valence-corrected chi connectivity index (χ2v) is 5.28. The lowest BCUT2D eigenvalue weighted by Crippen LogP contribution is -2.08. The summed E-state index contributed by atoms with van der Waals surface area (Å²) in [6.07, 6.45) is 11.3. The van der Waals surface area contributed by atoms with E-state index in [0.717, 1.165) is 38.5 Å². The Hall–Kier alpha value is -0.610. The predicted octanol–water partition coefficient (Wildman–Crippen LogP) is 3.11. The molecule has 19 heavy (non-hydrogen) atoms. The molecule has 0 unspecified atom stereocenters. The fourth-order valence-electron chi connectivity index (χ4n) is 2.19. The third-order valence-electron chi connectivity index (χ3n) is 3.39. The molecular formula is C15H30O4. The van der Waals surface area contributed by atoms with E-state index in [2.05, 4.69) is 0 Å². The molecule has 0 heterocycles. The standard InChI is InChI=1S/C15H30O4/c16-13-12-14(17)10-8-6-4-2-1-3-5-7-9-11-15(18)19/h14,16-17H,1-13H2,(H,18,19)/t14-/m0/s1. The van der Waals surface area contributed by atoms with Crippen LogP contribution in [-0.2, 0) is 4.79 Å². The molecule has 114 valence electrons. The lowest BCUT2D eigenvalue weighted by molar-refractivity contribution is -0.137. The summed E-state index contributed by atoms with van der Waals surface area (Å²) in [5, 5.41) is 26.5. The number of carboxylic acids is 1. The average molecular weight is 274 g/mol. The van der Waals surface area contributed by atoms with Gasteiger partial charge in [-0.05, 0) is 19.3 Å². The Morgan fingerprint density at radius 3 is 1.74 bits per heavy atom. The molecule has 0 aliphatic heterocycles. The normalized spacial score (nSPS) is 12.5. The van der Waals surface area contributed by atoms with Gasteiger partial charge in [0.2, 0.25) is 0 Å². The van der Waals surface area contributed by atoms with Crippen molar-refractivity contribution in [3.63, 3.8) is 0 Å². The van der Waals surface area contributed by atoms with E-state index in [4.69, 9.17) is 10.2 Å². The molecule has 0 bridgehead atoms. The van der Waals surface area contributed by atoms with Gasteiger partial charge in [0, 0.05) is 13.0 Å². The maximum atomic E-state index is 10.3. The zero-order chi connectivity index (χ0) is 14.3. The summed E-state index contributed by atoms with van der Waals surface area (Å²) in [7, 11) is 0. The average Bonchev–Trinajstić information content (AvgIpc) is 2.36. The highest BCUT2D eigenvalue weighted by molar-refractivity contribution is 5.66. The summed E-state index contributed by atoms with van der Waals surface area (Å²) < 4.78 is 0. The molecule has 0 saturated heterocycles. The van der Waals surface area contributed by atoms with Crippen molar-refractivity contribution in [2.24, 2.45) is 0 Å². The minimum absolute atomic E-state index is 0.0725. The van der Waals surface area contributed by atoms with Crippen LogP contribution in [0.25, 0.3) is 0 Å². The van der Waals surface area contributed by atoms with E-state index in [1.165, 1.54) is 25.7 Å². The van der Waals surface area contributed by atoms with Crippen molar-refractivity contribution in [3.8, 4) is 0 Å². The topological polar surface area (TPSA) is 77.8 Å². The van der Waals surface area contributed by atoms with Gasteiger partial charge >= 0.3 is 5.97 Å². The molecule has 0 rings (SSSR count). The van der Waals surface area contributed by atoms with Crippen molar-refractivity contribution in [1.29, 1.82) is 0 Å². The van der Waals surface area contributed by atoms with Gasteiger partial charge in [-0.15, -0.1) is 0 Å². The molecule has 0 spiro atoms. The Morgan fingerprint density at radius 2 is 1.26 bits per heavy atom. The van der Waals surface area contributed by atoms with Crippen LogP contribution in [0.3, 0.4) is 0 Å². The first kappa shape index (κ1) is 18.4. The van der Waals surface area contributed by atoms with Gasteiger partial charge in [0.25, 0.3) is 0 Å². The Kier molecular flexibility index (Phi) is 13.4. The molecular weight excluding hydrogens is 244 g/mol. The molecule has 0 saturated carbocycles. The molecule has 0 aromatic heterocycles. The number of rotatable bonds is 14. The summed E-state index contributed by atoms with van der Waals surface area (Å²) in [5.41, 5.74) is 0. The first-order valence-electron chi connectivity index (χ1n) is 7.67. The number of unbranched alkanes of at least 4 members (excludes halogenated alkanes) is 8. The lowest BCUT2D eigenvalue weighted by Gasteiger charge is -2.08. The van der Waals surface area contributed by atoms with Crippen LogP contribution in [0.5, 0.6) is 0 Å². The molecule has 3 N–H and O–H groups in total. The first-order chi connectivity index (χ1) is 9.16. The van der Waals surface area contributed by atoms with E-state index >= 15 is 0 Å². The van der Waals surface area contributed by atoms with Gasteiger partial charge in [-0.25, -0.2) is 0 Å². The van der Waals surface area contributed by atoms with E-state index < -0.39 is 5.97 Å². The molecule has 4 nitrogen and oxygen atoms in total. The van der Waals surface area contributed by atoms with Crippen molar-refractivity contribution in [2.45, 2.75) is 83.2 Å². The molecule has 4 heteroatoms.